The summed E-state index contributed by atoms with van der Waals surface area (Å²) in [5.41, 5.74) is -1.74. The number of ether oxygens (including phenoxy) is 3. The summed E-state index contributed by atoms with van der Waals surface area (Å²) in [7, 11) is -3.33. The van der Waals surface area contributed by atoms with Crippen LogP contribution in [-0.4, -0.2) is 54.0 Å². The van der Waals surface area contributed by atoms with Crippen LogP contribution in [0.1, 0.15) is 65.3 Å². The van der Waals surface area contributed by atoms with Gasteiger partial charge in [-0.2, -0.15) is 0 Å². The number of nitrogens with zero attached hydrogens (tertiary/aromatic N) is 3. The molecule has 0 saturated heterocycles. The number of rotatable bonds is 4. The average molecular weight is 685 g/mol. The van der Waals surface area contributed by atoms with Gasteiger partial charge in [0, 0.05) is 46.2 Å². The summed E-state index contributed by atoms with van der Waals surface area (Å²) in [5.74, 6) is 5.81. The van der Waals surface area contributed by atoms with E-state index in [1.165, 1.54) is 19.1 Å². The van der Waals surface area contributed by atoms with Crippen LogP contribution in [-0.2, 0) is 34.4 Å². The van der Waals surface area contributed by atoms with Crippen molar-refractivity contribution in [2.24, 2.45) is 0 Å². The summed E-state index contributed by atoms with van der Waals surface area (Å²) < 4.78 is 40.0. The van der Waals surface area contributed by atoms with E-state index < -0.39 is 44.8 Å². The predicted octanol–water partition coefficient (Wildman–Crippen LogP) is 6.63. The van der Waals surface area contributed by atoms with Crippen LogP contribution in [0.4, 0.5) is 26.8 Å². The zero-order valence-corrected chi connectivity index (χ0v) is 29.2. The largest absolute Gasteiger partial charge is 0.510 e. The summed E-state index contributed by atoms with van der Waals surface area (Å²) in [6.45, 7) is 11.4. The summed E-state index contributed by atoms with van der Waals surface area (Å²) in [6.07, 6.45) is 2.42. The van der Waals surface area contributed by atoms with Crippen LogP contribution in [0.25, 0.3) is 10.8 Å². The molecule has 13 heteroatoms. The molecule has 0 aliphatic carbocycles. The van der Waals surface area contributed by atoms with Crippen molar-refractivity contribution >= 4 is 56.0 Å². The molecule has 2 aromatic carbocycles. The molecule has 3 heterocycles. The Morgan fingerprint density at radius 3 is 2.20 bits per heavy atom. The van der Waals surface area contributed by atoms with Crippen LogP contribution < -0.4 is 10.2 Å². The van der Waals surface area contributed by atoms with Crippen molar-refractivity contribution in [2.45, 2.75) is 70.2 Å². The maximum Gasteiger partial charge on any atom is 0.510 e. The first kappa shape index (κ1) is 34.8. The van der Waals surface area contributed by atoms with Gasteiger partial charge in [0.05, 0.1) is 10.6 Å². The minimum atomic E-state index is -3.33. The topological polar surface area (TPSA) is 154 Å². The third kappa shape index (κ3) is 7.81. The molecule has 0 fully saturated rings. The van der Waals surface area contributed by atoms with Crippen molar-refractivity contribution in [1.82, 2.24) is 9.97 Å². The monoisotopic (exact) mass is 684 g/mol. The highest BCUT2D eigenvalue weighted by atomic mass is 32.2. The molecular formula is C36H36N4O8S. The molecule has 2 amide bonds. The molecule has 4 aromatic rings. The fraction of sp³-hybridized carbons (Fsp3) is 0.306. The number of benzene rings is 2. The van der Waals surface area contributed by atoms with Crippen molar-refractivity contribution in [3.63, 3.8) is 0 Å². The lowest BCUT2D eigenvalue weighted by atomic mass is 9.96. The number of imide groups is 1. The second kappa shape index (κ2) is 12.5. The van der Waals surface area contributed by atoms with Crippen molar-refractivity contribution < 1.29 is 37.0 Å². The molecule has 0 radical (unpaired) electrons. The number of fused-ring (bicyclic) bond motifs is 2. The minimum Gasteiger partial charge on any atom is -0.443 e. The van der Waals surface area contributed by atoms with Crippen molar-refractivity contribution in [3.8, 4) is 11.8 Å². The lowest BCUT2D eigenvalue weighted by Gasteiger charge is -2.27. The first-order valence-electron chi connectivity index (χ1n) is 15.2. The normalized spacial score (nSPS) is 16.0. The molecule has 1 N–H and O–H groups in total. The fourth-order valence-electron chi connectivity index (χ4n) is 4.96. The van der Waals surface area contributed by atoms with Gasteiger partial charge in [0.1, 0.15) is 22.7 Å². The van der Waals surface area contributed by atoms with E-state index in [0.717, 1.165) is 16.5 Å². The van der Waals surface area contributed by atoms with E-state index in [2.05, 4.69) is 27.1 Å². The lowest BCUT2D eigenvalue weighted by molar-refractivity contribution is -0.139. The summed E-state index contributed by atoms with van der Waals surface area (Å²) in [5, 5.41) is 4.64. The second-order valence-electron chi connectivity index (χ2n) is 13.6. The first-order valence-corrected chi connectivity index (χ1v) is 17.1. The number of anilines is 3. The number of sulfone groups is 1. The van der Waals surface area contributed by atoms with E-state index in [4.69, 9.17) is 14.2 Å². The third-order valence-corrected chi connectivity index (χ3v) is 8.27. The van der Waals surface area contributed by atoms with Crippen LogP contribution >= 0.6 is 0 Å². The van der Waals surface area contributed by atoms with Crippen molar-refractivity contribution in [1.29, 1.82) is 0 Å². The molecule has 1 aliphatic rings. The summed E-state index contributed by atoms with van der Waals surface area (Å²) >= 11 is 0. The van der Waals surface area contributed by atoms with Gasteiger partial charge in [-0.3, -0.25) is 4.79 Å². The highest BCUT2D eigenvalue weighted by Crippen LogP contribution is 2.44. The van der Waals surface area contributed by atoms with E-state index in [9.17, 15) is 22.8 Å². The number of aromatic nitrogens is 2. The molecule has 12 nitrogen and oxygen atoms in total. The zero-order chi connectivity index (χ0) is 35.9. The SMILES string of the molecule is CC(C)(C)OC(=O)OC1(C)C(=O)N(C(=O)OC(C)(C)C)c2cc(C#Cc3nccc4cnc(Nc5ccc(S(C)(=O)=O)cc5)cc34)ccc21. The number of amides is 2. The molecule has 49 heavy (non-hydrogen) atoms. The number of pyridine rings is 2. The van der Waals surface area contributed by atoms with Crippen molar-refractivity contribution in [2.75, 3.05) is 16.5 Å². The van der Waals surface area contributed by atoms with E-state index >= 15 is 0 Å². The number of nitrogens with one attached hydrogen (secondary N) is 1. The Balaban J connectivity index is 1.50. The first-order chi connectivity index (χ1) is 22.7. The smallest absolute Gasteiger partial charge is 0.443 e. The Hall–Kier alpha value is -5.48. The maximum atomic E-state index is 13.8. The minimum absolute atomic E-state index is 0.153. The molecule has 2 aromatic heterocycles. The average Bonchev–Trinajstić information content (AvgIpc) is 3.19. The van der Waals surface area contributed by atoms with Gasteiger partial charge >= 0.3 is 12.2 Å². The fourth-order valence-corrected chi connectivity index (χ4v) is 5.59. The van der Waals surface area contributed by atoms with Crippen LogP contribution in [0.2, 0.25) is 0 Å². The Bertz CT molecular complexity index is 2160. The molecule has 5 rings (SSSR count). The quantitative estimate of drug-likeness (QED) is 0.182. The molecule has 1 atom stereocenters. The Morgan fingerprint density at radius 2 is 1.57 bits per heavy atom. The van der Waals surface area contributed by atoms with Crippen LogP contribution in [0.5, 0.6) is 0 Å². The van der Waals surface area contributed by atoms with Gasteiger partial charge < -0.3 is 19.5 Å². The molecule has 254 valence electrons. The Kier molecular flexibility index (Phi) is 8.90. The molecule has 0 bridgehead atoms. The van der Waals surface area contributed by atoms with Gasteiger partial charge in [-0.1, -0.05) is 12.0 Å². The zero-order valence-electron chi connectivity index (χ0n) is 28.4. The number of carbonyl (C=O) groups excluding carboxylic acids is 3. The van der Waals surface area contributed by atoms with Crippen LogP contribution in [0.15, 0.2) is 71.9 Å². The molecule has 0 saturated carbocycles. The number of hydrogen-bond donors (Lipinski definition) is 1. The standard InChI is InChI=1S/C36H36N4O8S/c1-34(2,3)46-32(42)40-29-19-22(9-15-27(29)36(7,31(40)41)48-33(43)47-35(4,5)6)10-16-28-26-20-30(38-21-23(26)17-18-37-28)39-24-11-13-25(14-12-24)49(8,44)45/h9,11-15,17-21H,1-8H3,(H,38,39). The molecule has 0 spiro atoms. The highest BCUT2D eigenvalue weighted by Gasteiger charge is 2.54. The van der Waals surface area contributed by atoms with E-state index in [-0.39, 0.29) is 16.1 Å². The third-order valence-electron chi connectivity index (χ3n) is 7.14. The highest BCUT2D eigenvalue weighted by molar-refractivity contribution is 7.90. The van der Waals surface area contributed by atoms with Gasteiger partial charge in [-0.05, 0) is 103 Å². The van der Waals surface area contributed by atoms with Gasteiger partial charge in [-0.15, -0.1) is 0 Å². The van der Waals surface area contributed by atoms with Gasteiger partial charge in [-0.25, -0.2) is 32.9 Å². The number of hydrogen-bond acceptors (Lipinski definition) is 11. The second-order valence-corrected chi connectivity index (χ2v) is 15.6. The summed E-state index contributed by atoms with van der Waals surface area (Å²) in [4.78, 5) is 49.8. The predicted molar refractivity (Wildman–Crippen MR) is 183 cm³/mol. The molecule has 1 unspecified atom stereocenters. The Morgan fingerprint density at radius 1 is 0.898 bits per heavy atom. The van der Waals surface area contributed by atoms with Gasteiger partial charge in [0.2, 0.25) is 5.60 Å². The van der Waals surface area contributed by atoms with E-state index in [1.54, 1.807) is 96.4 Å². The molecule has 1 aliphatic heterocycles. The number of carbonyl (C=O) groups is 3. The van der Waals surface area contributed by atoms with Crippen molar-refractivity contribution in [3.05, 3.63) is 83.8 Å². The van der Waals surface area contributed by atoms with Crippen LogP contribution in [0, 0.1) is 11.8 Å². The maximum absolute atomic E-state index is 13.8. The van der Waals surface area contributed by atoms with Crippen LogP contribution in [0.3, 0.4) is 0 Å². The summed E-state index contributed by atoms with van der Waals surface area (Å²) in [6, 6.07) is 14.7. The van der Waals surface area contributed by atoms with E-state index in [1.807, 2.05) is 0 Å². The van der Waals surface area contributed by atoms with E-state index in [0.29, 0.717) is 28.1 Å². The van der Waals surface area contributed by atoms with Gasteiger partial charge in [0.25, 0.3) is 5.91 Å². The lowest BCUT2D eigenvalue weighted by Crippen LogP contribution is -2.46. The van der Waals surface area contributed by atoms with Gasteiger partial charge in [0.15, 0.2) is 9.84 Å². The Labute approximate surface area is 284 Å². The molecular weight excluding hydrogens is 648 g/mol.